The maximum Gasteiger partial charge on any atom is 0.300 e. The fourth-order valence-electron chi connectivity index (χ4n) is 3.95. The second-order valence-electron chi connectivity index (χ2n) is 9.43. The van der Waals surface area contributed by atoms with Crippen molar-refractivity contribution in [1.82, 2.24) is 25.3 Å². The number of hydrogen-bond acceptors (Lipinski definition) is 13. The Hall–Kier alpha value is -4.75. The first kappa shape index (κ1) is 28.3. The van der Waals surface area contributed by atoms with Gasteiger partial charge in [-0.15, -0.1) is 0 Å². The molecule has 4 rings (SSSR count). The van der Waals surface area contributed by atoms with E-state index in [2.05, 4.69) is 46.5 Å². The number of non-ortho nitro benzene ring substituents is 1. The highest BCUT2D eigenvalue weighted by molar-refractivity contribution is 5.93. The minimum absolute atomic E-state index is 0.125. The molecule has 2 aromatic carbocycles. The third kappa shape index (κ3) is 7.88. The lowest BCUT2D eigenvalue weighted by atomic mass is 10.2. The van der Waals surface area contributed by atoms with Gasteiger partial charge in [-0.3, -0.25) is 10.1 Å². The van der Waals surface area contributed by atoms with Gasteiger partial charge in [0.1, 0.15) is 5.75 Å². The molecule has 0 fully saturated rings. The van der Waals surface area contributed by atoms with Crippen LogP contribution in [0.2, 0.25) is 0 Å². The number of nitro benzene ring substituents is 1. The molecule has 0 aliphatic heterocycles. The summed E-state index contributed by atoms with van der Waals surface area (Å²) in [7, 11) is 1.65. The summed E-state index contributed by atoms with van der Waals surface area (Å²) in [5.41, 5.74) is 2.13. The molecule has 0 radical (unpaired) electrons. The molecule has 4 aromatic rings. The van der Waals surface area contributed by atoms with Crippen molar-refractivity contribution >= 4 is 40.3 Å². The molecule has 0 spiro atoms. The number of fused-ring (bicyclic) bond motifs is 1. The highest BCUT2D eigenvalue weighted by Gasteiger charge is 2.19. The average molecular weight is 551 g/mol. The van der Waals surface area contributed by atoms with Crippen molar-refractivity contribution in [2.24, 2.45) is 0 Å². The van der Waals surface area contributed by atoms with Crippen LogP contribution < -0.4 is 26.0 Å². The van der Waals surface area contributed by atoms with Crippen LogP contribution in [0.4, 0.5) is 29.2 Å². The van der Waals surface area contributed by atoms with Crippen molar-refractivity contribution in [3.63, 3.8) is 0 Å². The van der Waals surface area contributed by atoms with E-state index in [4.69, 9.17) is 9.37 Å². The Morgan fingerprint density at radius 3 is 2.17 bits per heavy atom. The summed E-state index contributed by atoms with van der Waals surface area (Å²) < 4.78 is 9.92. The number of nitrogens with one attached hydrogen (secondary N) is 4. The molecule has 0 aliphatic carbocycles. The molecule has 2 aromatic heterocycles. The van der Waals surface area contributed by atoms with Crippen molar-refractivity contribution in [3.05, 3.63) is 52.1 Å². The zero-order valence-electron chi connectivity index (χ0n) is 22.8. The van der Waals surface area contributed by atoms with E-state index in [9.17, 15) is 10.1 Å². The number of aromatic nitrogens is 5. The molecule has 0 saturated carbocycles. The Labute approximate surface area is 231 Å². The minimum atomic E-state index is -0.497. The van der Waals surface area contributed by atoms with E-state index in [1.807, 2.05) is 38.1 Å². The van der Waals surface area contributed by atoms with Gasteiger partial charge >= 0.3 is 5.69 Å². The van der Waals surface area contributed by atoms with Crippen LogP contribution in [0.3, 0.4) is 0 Å². The molecule has 0 amide bonds. The summed E-state index contributed by atoms with van der Waals surface area (Å²) in [4.78, 5) is 24.1. The topological polar surface area (TPSA) is 178 Å². The fraction of sp³-hybridized carbons (Fsp3) is 0.423. The zero-order chi connectivity index (χ0) is 28.3. The quantitative estimate of drug-likeness (QED) is 0.0846. The molecular formula is C26H34N10O4. The van der Waals surface area contributed by atoms with Gasteiger partial charge in [0, 0.05) is 31.7 Å². The maximum absolute atomic E-state index is 11.1. The van der Waals surface area contributed by atoms with Crippen LogP contribution in [0.25, 0.3) is 11.0 Å². The predicted octanol–water partition coefficient (Wildman–Crippen LogP) is 4.84. The predicted molar refractivity (Wildman–Crippen MR) is 153 cm³/mol. The van der Waals surface area contributed by atoms with E-state index in [1.54, 1.807) is 13.2 Å². The Kier molecular flexibility index (Phi) is 9.80. The van der Waals surface area contributed by atoms with Gasteiger partial charge in [0.25, 0.3) is 0 Å². The molecular weight excluding hydrogens is 516 g/mol. The molecule has 14 nitrogen and oxygen atoms in total. The van der Waals surface area contributed by atoms with Crippen LogP contribution in [-0.4, -0.2) is 56.4 Å². The third-order valence-corrected chi connectivity index (χ3v) is 5.96. The van der Waals surface area contributed by atoms with Gasteiger partial charge in [0.05, 0.1) is 17.7 Å². The lowest BCUT2D eigenvalue weighted by molar-refractivity contribution is -0.383. The van der Waals surface area contributed by atoms with Crippen molar-refractivity contribution in [2.75, 3.05) is 41.5 Å². The molecule has 0 unspecified atom stereocenters. The number of benzene rings is 2. The number of unbranched alkanes of at least 4 members (excludes halogenated alkanes) is 3. The van der Waals surface area contributed by atoms with E-state index < -0.39 is 4.92 Å². The first-order valence-electron chi connectivity index (χ1n) is 13.2. The summed E-state index contributed by atoms with van der Waals surface area (Å²) >= 11 is 0. The van der Waals surface area contributed by atoms with Crippen molar-refractivity contribution in [1.29, 1.82) is 0 Å². The molecule has 2 heterocycles. The van der Waals surface area contributed by atoms with Crippen molar-refractivity contribution in [2.45, 2.75) is 52.1 Å². The van der Waals surface area contributed by atoms with Gasteiger partial charge in [-0.25, -0.2) is 4.63 Å². The van der Waals surface area contributed by atoms with Gasteiger partial charge in [0.2, 0.25) is 23.4 Å². The zero-order valence-corrected chi connectivity index (χ0v) is 22.8. The minimum Gasteiger partial charge on any atom is -0.497 e. The average Bonchev–Trinajstić information content (AvgIpc) is 3.43. The van der Waals surface area contributed by atoms with E-state index >= 15 is 0 Å². The molecule has 212 valence electrons. The van der Waals surface area contributed by atoms with Gasteiger partial charge in [-0.1, -0.05) is 25.0 Å². The Bertz CT molecular complexity index is 1390. The largest absolute Gasteiger partial charge is 0.497 e. The standard InChI is InChI=1S/C26H34N10O4/c1-17(2)30-26-32-24(31-25(33-26)29-16-18-8-10-19(39-3)11-9-18)28-15-7-5-4-6-14-27-20-12-13-21(36(37)38)23-22(20)34-40-35-23/h8-13,17,27H,4-7,14-16H2,1-3H3,(H3,28,29,30,31,32,33). The van der Waals surface area contributed by atoms with E-state index in [-0.39, 0.29) is 17.2 Å². The van der Waals surface area contributed by atoms with Crippen LogP contribution in [0, 0.1) is 10.1 Å². The second kappa shape index (κ2) is 13.9. The molecule has 0 saturated heterocycles. The number of hydrogen-bond donors (Lipinski definition) is 4. The van der Waals surface area contributed by atoms with Crippen LogP contribution in [0.15, 0.2) is 41.0 Å². The SMILES string of the molecule is COc1ccc(CNc2nc(NCCCCCCNc3ccc([N+](=O)[O-])c4nonc34)nc(NC(C)C)n2)cc1. The van der Waals surface area contributed by atoms with Gasteiger partial charge in [0.15, 0.2) is 5.52 Å². The number of nitrogens with zero attached hydrogens (tertiary/aromatic N) is 6. The number of anilines is 4. The normalized spacial score (nSPS) is 11.0. The molecule has 0 aliphatic rings. The van der Waals surface area contributed by atoms with Crippen molar-refractivity contribution < 1.29 is 14.3 Å². The smallest absolute Gasteiger partial charge is 0.300 e. The van der Waals surface area contributed by atoms with Gasteiger partial charge in [-0.2, -0.15) is 15.0 Å². The van der Waals surface area contributed by atoms with Crippen LogP contribution >= 0.6 is 0 Å². The van der Waals surface area contributed by atoms with Crippen molar-refractivity contribution in [3.8, 4) is 5.75 Å². The highest BCUT2D eigenvalue weighted by Crippen LogP contribution is 2.28. The first-order chi connectivity index (χ1) is 19.4. The Balaban J connectivity index is 1.21. The molecule has 4 N–H and O–H groups in total. The van der Waals surface area contributed by atoms with E-state index in [0.29, 0.717) is 42.1 Å². The second-order valence-corrected chi connectivity index (χ2v) is 9.43. The van der Waals surface area contributed by atoms with Crippen LogP contribution in [0.1, 0.15) is 45.1 Å². The van der Waals surface area contributed by atoms with Gasteiger partial charge in [-0.05, 0) is 60.8 Å². The Morgan fingerprint density at radius 1 is 0.850 bits per heavy atom. The number of methoxy groups -OCH3 is 1. The summed E-state index contributed by atoms with van der Waals surface area (Å²) in [5, 5.41) is 31.7. The molecule has 0 bridgehead atoms. The summed E-state index contributed by atoms with van der Waals surface area (Å²) in [6.45, 7) is 6.06. The van der Waals surface area contributed by atoms with E-state index in [0.717, 1.165) is 43.5 Å². The number of rotatable bonds is 16. The molecule has 14 heteroatoms. The lowest BCUT2D eigenvalue weighted by Gasteiger charge is -2.13. The lowest BCUT2D eigenvalue weighted by Crippen LogP contribution is -2.16. The summed E-state index contributed by atoms with van der Waals surface area (Å²) in [6.07, 6.45) is 3.90. The number of ether oxygens (including phenoxy) is 1. The monoisotopic (exact) mass is 550 g/mol. The molecule has 0 atom stereocenters. The van der Waals surface area contributed by atoms with Crippen LogP contribution in [0.5, 0.6) is 5.75 Å². The summed E-state index contributed by atoms with van der Waals surface area (Å²) in [5.74, 6) is 2.33. The van der Waals surface area contributed by atoms with Gasteiger partial charge < -0.3 is 26.0 Å². The first-order valence-corrected chi connectivity index (χ1v) is 13.2. The third-order valence-electron chi connectivity index (χ3n) is 5.96. The molecule has 40 heavy (non-hydrogen) atoms. The van der Waals surface area contributed by atoms with E-state index in [1.165, 1.54) is 6.07 Å². The fourth-order valence-corrected chi connectivity index (χ4v) is 3.95. The highest BCUT2D eigenvalue weighted by atomic mass is 16.6. The Morgan fingerprint density at radius 2 is 1.50 bits per heavy atom. The maximum atomic E-state index is 11.1. The van der Waals surface area contributed by atoms with Crippen LogP contribution in [-0.2, 0) is 6.54 Å². The summed E-state index contributed by atoms with van der Waals surface area (Å²) in [6, 6.07) is 11.0. The number of nitro groups is 1.